The van der Waals surface area contributed by atoms with Crippen molar-refractivity contribution < 1.29 is 18.0 Å². The van der Waals surface area contributed by atoms with E-state index in [1.807, 2.05) is 12.2 Å². The van der Waals surface area contributed by atoms with Gasteiger partial charge < -0.3 is 10.6 Å². The minimum Gasteiger partial charge on any atom is -0.345 e. The van der Waals surface area contributed by atoms with Crippen LogP contribution in [-0.4, -0.2) is 31.2 Å². The second-order valence-corrected chi connectivity index (χ2v) is 3.55. The van der Waals surface area contributed by atoms with Gasteiger partial charge in [-0.25, -0.2) is 0 Å². The molecule has 0 aromatic rings. The summed E-state index contributed by atoms with van der Waals surface area (Å²) in [7, 11) is 0. The van der Waals surface area contributed by atoms with E-state index in [2.05, 4.69) is 5.32 Å². The number of nitrogens with one attached hydrogen (secondary N) is 2. The summed E-state index contributed by atoms with van der Waals surface area (Å²) >= 11 is 0. The van der Waals surface area contributed by atoms with Crippen molar-refractivity contribution in [2.45, 2.75) is 25.6 Å². The minimum absolute atomic E-state index is 0.0371. The van der Waals surface area contributed by atoms with Gasteiger partial charge in [0.05, 0.1) is 0 Å². The smallest absolute Gasteiger partial charge is 0.345 e. The van der Waals surface area contributed by atoms with Crippen LogP contribution in [-0.2, 0) is 4.79 Å². The van der Waals surface area contributed by atoms with Crippen LogP contribution in [0, 0.1) is 5.92 Å². The molecule has 1 aliphatic heterocycles. The van der Waals surface area contributed by atoms with Crippen molar-refractivity contribution in [3.63, 3.8) is 0 Å². The third kappa shape index (κ3) is 2.87. The van der Waals surface area contributed by atoms with E-state index in [1.54, 1.807) is 0 Å². The van der Waals surface area contributed by atoms with Crippen molar-refractivity contribution in [2.75, 3.05) is 13.1 Å². The summed E-state index contributed by atoms with van der Waals surface area (Å²) < 4.78 is 35.7. The van der Waals surface area contributed by atoms with Crippen LogP contribution in [0.3, 0.4) is 0 Å². The zero-order valence-electron chi connectivity index (χ0n) is 7.82. The molecule has 0 aromatic carbocycles. The highest BCUT2D eigenvalue weighted by atomic mass is 19.4. The molecule has 0 unspecified atom stereocenters. The average molecular weight is 210 g/mol. The second-order valence-electron chi connectivity index (χ2n) is 3.55. The van der Waals surface area contributed by atoms with Gasteiger partial charge in [0.15, 0.2) is 0 Å². The third-order valence-corrected chi connectivity index (χ3v) is 2.36. The lowest BCUT2D eigenvalue weighted by Crippen LogP contribution is -2.51. The largest absolute Gasteiger partial charge is 0.471 e. The summed E-state index contributed by atoms with van der Waals surface area (Å²) in [6.07, 6.45) is -4.23. The van der Waals surface area contributed by atoms with Crippen molar-refractivity contribution in [2.24, 2.45) is 5.92 Å². The van der Waals surface area contributed by atoms with Crippen LogP contribution >= 0.6 is 0 Å². The zero-order valence-corrected chi connectivity index (χ0v) is 7.82. The predicted octanol–water partition coefficient (Wildman–Crippen LogP) is 0.663. The molecule has 2 atom stereocenters. The number of carbonyl (C=O) groups excluding carboxylic acids is 1. The first-order valence-electron chi connectivity index (χ1n) is 4.49. The molecule has 1 fully saturated rings. The van der Waals surface area contributed by atoms with Crippen LogP contribution in [0.5, 0.6) is 0 Å². The van der Waals surface area contributed by atoms with Crippen LogP contribution in [0.1, 0.15) is 13.3 Å². The summed E-state index contributed by atoms with van der Waals surface area (Å²) in [5, 5.41) is 5.05. The molecule has 14 heavy (non-hydrogen) atoms. The zero-order chi connectivity index (χ0) is 10.8. The molecule has 1 heterocycles. The molecule has 0 bridgehead atoms. The Hall–Kier alpha value is -0.780. The molecule has 1 aliphatic rings. The van der Waals surface area contributed by atoms with Crippen LogP contribution < -0.4 is 10.6 Å². The molecule has 0 saturated carbocycles. The molecule has 3 nitrogen and oxygen atoms in total. The summed E-state index contributed by atoms with van der Waals surface area (Å²) in [4.78, 5) is 10.6. The van der Waals surface area contributed by atoms with Gasteiger partial charge in [-0.1, -0.05) is 6.92 Å². The molecule has 1 amide bonds. The van der Waals surface area contributed by atoms with E-state index >= 15 is 0 Å². The average Bonchev–Trinajstić information content (AvgIpc) is 2.07. The molecule has 0 spiro atoms. The molecule has 2 N–H and O–H groups in total. The first-order chi connectivity index (χ1) is 6.41. The van der Waals surface area contributed by atoms with E-state index in [-0.39, 0.29) is 12.0 Å². The number of carbonyl (C=O) groups is 1. The summed E-state index contributed by atoms with van der Waals surface area (Å²) in [6, 6.07) is -0.370. The van der Waals surface area contributed by atoms with Gasteiger partial charge in [0, 0.05) is 6.04 Å². The molecule has 0 aliphatic carbocycles. The molecule has 82 valence electrons. The Bertz CT molecular complexity index is 217. The summed E-state index contributed by atoms with van der Waals surface area (Å²) in [5.41, 5.74) is 0. The van der Waals surface area contributed by atoms with Crippen LogP contribution in [0.4, 0.5) is 13.2 Å². The van der Waals surface area contributed by atoms with Gasteiger partial charge in [0.25, 0.3) is 0 Å². The quantitative estimate of drug-likeness (QED) is 0.667. The number of amides is 1. The van der Waals surface area contributed by atoms with Gasteiger partial charge in [0.1, 0.15) is 0 Å². The third-order valence-electron chi connectivity index (χ3n) is 2.36. The Morgan fingerprint density at radius 1 is 1.50 bits per heavy atom. The van der Waals surface area contributed by atoms with E-state index in [9.17, 15) is 18.0 Å². The van der Waals surface area contributed by atoms with Crippen molar-refractivity contribution in [3.05, 3.63) is 0 Å². The summed E-state index contributed by atoms with van der Waals surface area (Å²) in [5.74, 6) is -1.80. The topological polar surface area (TPSA) is 41.1 Å². The molecular weight excluding hydrogens is 197 g/mol. The number of hydrogen-bond donors (Lipinski definition) is 2. The number of piperidine rings is 1. The highest BCUT2D eigenvalue weighted by Crippen LogP contribution is 2.17. The Labute approximate surface area is 80.0 Å². The second kappa shape index (κ2) is 4.16. The molecular formula is C8H13F3N2O. The standard InChI is InChI=1S/C8H13F3N2O/c1-5-4-12-3-2-6(5)13-7(14)8(9,10)11/h5-6,12H,2-4H2,1H3,(H,13,14)/t5-,6-/m0/s1. The lowest BCUT2D eigenvalue weighted by Gasteiger charge is -2.30. The van der Waals surface area contributed by atoms with E-state index in [1.165, 1.54) is 0 Å². The van der Waals surface area contributed by atoms with Gasteiger partial charge >= 0.3 is 12.1 Å². The van der Waals surface area contributed by atoms with E-state index in [4.69, 9.17) is 0 Å². The number of rotatable bonds is 1. The fourth-order valence-corrected chi connectivity index (χ4v) is 1.48. The lowest BCUT2D eigenvalue weighted by atomic mass is 9.95. The highest BCUT2D eigenvalue weighted by Gasteiger charge is 2.40. The maximum absolute atomic E-state index is 11.9. The molecule has 1 rings (SSSR count). The van der Waals surface area contributed by atoms with Gasteiger partial charge in [-0.3, -0.25) is 4.79 Å². The van der Waals surface area contributed by atoms with Gasteiger partial charge in [0.2, 0.25) is 0 Å². The first kappa shape index (κ1) is 11.3. The van der Waals surface area contributed by atoms with Gasteiger partial charge in [-0.15, -0.1) is 0 Å². The Kier molecular flexibility index (Phi) is 3.36. The molecule has 0 aromatic heterocycles. The van der Waals surface area contributed by atoms with Crippen LogP contribution in [0.2, 0.25) is 0 Å². The van der Waals surface area contributed by atoms with Crippen molar-refractivity contribution in [1.29, 1.82) is 0 Å². The van der Waals surface area contributed by atoms with Crippen LogP contribution in [0.25, 0.3) is 0 Å². The fraction of sp³-hybridized carbons (Fsp3) is 0.875. The van der Waals surface area contributed by atoms with E-state index in [0.29, 0.717) is 19.5 Å². The van der Waals surface area contributed by atoms with E-state index in [0.717, 1.165) is 0 Å². The lowest BCUT2D eigenvalue weighted by molar-refractivity contribution is -0.174. The van der Waals surface area contributed by atoms with Crippen molar-refractivity contribution >= 4 is 5.91 Å². The van der Waals surface area contributed by atoms with Gasteiger partial charge in [-0.05, 0) is 25.4 Å². The Morgan fingerprint density at radius 2 is 2.14 bits per heavy atom. The van der Waals surface area contributed by atoms with E-state index < -0.39 is 12.1 Å². The SMILES string of the molecule is C[C@H]1CNCC[C@@H]1NC(=O)C(F)(F)F. The van der Waals surface area contributed by atoms with Crippen molar-refractivity contribution in [1.82, 2.24) is 10.6 Å². The number of alkyl halides is 3. The fourth-order valence-electron chi connectivity index (χ4n) is 1.48. The maximum atomic E-state index is 11.9. The normalized spacial score (nSPS) is 28.6. The number of hydrogen-bond acceptors (Lipinski definition) is 2. The first-order valence-corrected chi connectivity index (χ1v) is 4.49. The number of halogens is 3. The van der Waals surface area contributed by atoms with Gasteiger partial charge in [-0.2, -0.15) is 13.2 Å². The Morgan fingerprint density at radius 3 is 2.64 bits per heavy atom. The summed E-state index contributed by atoms with van der Waals surface area (Å²) in [6.45, 7) is 3.10. The predicted molar refractivity (Wildman–Crippen MR) is 44.6 cm³/mol. The Balaban J connectivity index is 2.46. The van der Waals surface area contributed by atoms with Crippen molar-refractivity contribution in [3.8, 4) is 0 Å². The highest BCUT2D eigenvalue weighted by molar-refractivity contribution is 5.81. The minimum atomic E-state index is -4.77. The van der Waals surface area contributed by atoms with Crippen LogP contribution in [0.15, 0.2) is 0 Å². The molecule has 6 heteroatoms. The molecule has 0 radical (unpaired) electrons. The maximum Gasteiger partial charge on any atom is 0.471 e. The monoisotopic (exact) mass is 210 g/mol. The molecule has 1 saturated heterocycles.